The summed E-state index contributed by atoms with van der Waals surface area (Å²) in [5, 5.41) is 3.24. The molecular formula is C31H41N3O4. The SMILES string of the molecule is CC1(C)Cc2cc(-c3cccc(OCCN4CCOCC4)c3)ccc2C1NC(=O)O[C@@H]1CN2CCC1CC2. The lowest BCUT2D eigenvalue weighted by molar-refractivity contribution is -0.0348. The highest BCUT2D eigenvalue weighted by molar-refractivity contribution is 5.70. The van der Waals surface area contributed by atoms with Gasteiger partial charge in [0.2, 0.25) is 0 Å². The minimum absolute atomic E-state index is 0.0206. The van der Waals surface area contributed by atoms with Gasteiger partial charge in [-0.25, -0.2) is 4.79 Å². The van der Waals surface area contributed by atoms with Crippen LogP contribution in [0.2, 0.25) is 0 Å². The van der Waals surface area contributed by atoms with E-state index in [0.29, 0.717) is 12.5 Å². The topological polar surface area (TPSA) is 63.3 Å². The monoisotopic (exact) mass is 519 g/mol. The number of nitrogens with zero attached hydrogens (tertiary/aromatic N) is 2. The molecule has 4 heterocycles. The molecule has 204 valence electrons. The maximum atomic E-state index is 13.0. The van der Waals surface area contributed by atoms with Crippen molar-refractivity contribution in [2.24, 2.45) is 11.3 Å². The van der Waals surface area contributed by atoms with Crippen LogP contribution in [0.4, 0.5) is 4.79 Å². The van der Waals surface area contributed by atoms with E-state index >= 15 is 0 Å². The van der Waals surface area contributed by atoms with E-state index in [1.54, 1.807) is 0 Å². The Balaban J connectivity index is 1.10. The van der Waals surface area contributed by atoms with E-state index in [2.05, 4.69) is 65.4 Å². The number of hydrogen-bond donors (Lipinski definition) is 1. The average molecular weight is 520 g/mol. The number of hydrogen-bond acceptors (Lipinski definition) is 6. The molecule has 1 amide bonds. The molecule has 7 nitrogen and oxygen atoms in total. The number of morpholine rings is 1. The van der Waals surface area contributed by atoms with E-state index in [0.717, 1.165) is 83.1 Å². The number of amides is 1. The molecule has 1 N–H and O–H groups in total. The van der Waals surface area contributed by atoms with Gasteiger partial charge in [-0.15, -0.1) is 0 Å². The third-order valence-electron chi connectivity index (χ3n) is 8.95. The first-order valence-electron chi connectivity index (χ1n) is 14.3. The fraction of sp³-hybridized carbons (Fsp3) is 0.581. The summed E-state index contributed by atoms with van der Waals surface area (Å²) < 4.78 is 17.5. The molecule has 38 heavy (non-hydrogen) atoms. The van der Waals surface area contributed by atoms with Crippen molar-refractivity contribution in [1.29, 1.82) is 0 Å². The number of fused-ring (bicyclic) bond motifs is 4. The Bertz CT molecular complexity index is 1140. The zero-order chi connectivity index (χ0) is 26.1. The summed E-state index contributed by atoms with van der Waals surface area (Å²) in [6.45, 7) is 12.8. The van der Waals surface area contributed by atoms with Crippen molar-refractivity contribution in [2.75, 3.05) is 59.1 Å². The first-order valence-corrected chi connectivity index (χ1v) is 14.3. The quantitative estimate of drug-likeness (QED) is 0.581. The zero-order valence-corrected chi connectivity index (χ0v) is 22.8. The third-order valence-corrected chi connectivity index (χ3v) is 8.95. The maximum absolute atomic E-state index is 13.0. The molecule has 7 heteroatoms. The molecule has 2 aromatic rings. The molecule has 4 aliphatic heterocycles. The molecule has 2 bridgehead atoms. The van der Waals surface area contributed by atoms with Gasteiger partial charge in [-0.2, -0.15) is 0 Å². The van der Waals surface area contributed by atoms with E-state index in [9.17, 15) is 4.79 Å². The number of carbonyl (C=O) groups excluding carboxylic acids is 1. The Hall–Kier alpha value is -2.61. The lowest BCUT2D eigenvalue weighted by Crippen LogP contribution is -2.53. The van der Waals surface area contributed by atoms with Gasteiger partial charge in [-0.05, 0) is 78.1 Å². The van der Waals surface area contributed by atoms with Crippen LogP contribution in [0, 0.1) is 11.3 Å². The molecule has 2 atom stereocenters. The van der Waals surface area contributed by atoms with E-state index in [1.807, 2.05) is 6.07 Å². The minimum atomic E-state index is -0.277. The molecule has 5 aliphatic rings. The Morgan fingerprint density at radius 3 is 2.61 bits per heavy atom. The minimum Gasteiger partial charge on any atom is -0.492 e. The first-order chi connectivity index (χ1) is 18.4. The van der Waals surface area contributed by atoms with Gasteiger partial charge in [0.1, 0.15) is 18.5 Å². The van der Waals surface area contributed by atoms with Gasteiger partial charge in [0.05, 0.1) is 19.3 Å². The second-order valence-corrected chi connectivity index (χ2v) is 12.1. The van der Waals surface area contributed by atoms with Gasteiger partial charge in [0.25, 0.3) is 0 Å². The van der Waals surface area contributed by atoms with Crippen LogP contribution in [0.3, 0.4) is 0 Å². The van der Waals surface area contributed by atoms with E-state index in [1.165, 1.54) is 16.7 Å². The smallest absolute Gasteiger partial charge is 0.407 e. The van der Waals surface area contributed by atoms with Crippen molar-refractivity contribution in [3.8, 4) is 16.9 Å². The van der Waals surface area contributed by atoms with Gasteiger partial charge < -0.3 is 19.5 Å². The molecule has 0 radical (unpaired) electrons. The van der Waals surface area contributed by atoms with Gasteiger partial charge in [0, 0.05) is 26.2 Å². The fourth-order valence-electron chi connectivity index (χ4n) is 6.72. The van der Waals surface area contributed by atoms with Gasteiger partial charge in [0.15, 0.2) is 0 Å². The summed E-state index contributed by atoms with van der Waals surface area (Å²) in [6.07, 6.45) is 2.93. The number of nitrogens with one attached hydrogen (secondary N) is 1. The fourth-order valence-corrected chi connectivity index (χ4v) is 6.72. The van der Waals surface area contributed by atoms with Crippen LogP contribution in [0.5, 0.6) is 5.75 Å². The summed E-state index contributed by atoms with van der Waals surface area (Å²) in [6, 6.07) is 14.9. The number of rotatable bonds is 7. The van der Waals surface area contributed by atoms with Crippen molar-refractivity contribution < 1.29 is 19.0 Å². The summed E-state index contributed by atoms with van der Waals surface area (Å²) >= 11 is 0. The van der Waals surface area contributed by atoms with Crippen LogP contribution < -0.4 is 10.1 Å². The number of ether oxygens (including phenoxy) is 3. The Morgan fingerprint density at radius 1 is 1.05 bits per heavy atom. The molecule has 0 aromatic heterocycles. The summed E-state index contributed by atoms with van der Waals surface area (Å²) in [5.74, 6) is 1.41. The van der Waals surface area contributed by atoms with Crippen molar-refractivity contribution in [2.45, 2.75) is 45.3 Å². The second kappa shape index (κ2) is 10.9. The van der Waals surface area contributed by atoms with Gasteiger partial charge in [-0.1, -0.05) is 44.2 Å². The summed E-state index contributed by atoms with van der Waals surface area (Å²) in [7, 11) is 0. The first kappa shape index (κ1) is 25.7. The molecule has 4 fully saturated rings. The molecule has 1 aliphatic carbocycles. The molecular weight excluding hydrogens is 478 g/mol. The number of piperidine rings is 3. The molecule has 0 saturated carbocycles. The summed E-state index contributed by atoms with van der Waals surface area (Å²) in [4.78, 5) is 17.8. The highest BCUT2D eigenvalue weighted by Gasteiger charge is 2.42. The number of alkyl carbamates (subject to hydrolysis) is 1. The largest absolute Gasteiger partial charge is 0.492 e. The number of benzene rings is 2. The van der Waals surface area contributed by atoms with Gasteiger partial charge in [-0.3, -0.25) is 9.80 Å². The Kier molecular flexibility index (Phi) is 7.34. The van der Waals surface area contributed by atoms with E-state index in [-0.39, 0.29) is 23.7 Å². The third kappa shape index (κ3) is 5.56. The van der Waals surface area contributed by atoms with Gasteiger partial charge >= 0.3 is 6.09 Å². The predicted molar refractivity (Wildman–Crippen MR) is 147 cm³/mol. The van der Waals surface area contributed by atoms with Crippen LogP contribution in [-0.4, -0.2) is 81.1 Å². The highest BCUT2D eigenvalue weighted by Crippen LogP contribution is 2.46. The standard InChI is InChI=1S/C31H41N3O4/c1-31(2)20-25-18-24(23-4-3-5-26(19-23)37-17-14-33-12-15-36-16-13-33)6-7-27(25)29(31)32-30(35)38-28-21-34-10-8-22(28)9-11-34/h3-7,18-19,22,28-29H,8-17,20-21H2,1-2H3,(H,32,35)/t28-,29?/m1/s1. The molecule has 2 aromatic carbocycles. The van der Waals surface area contributed by atoms with Crippen LogP contribution in [0.1, 0.15) is 43.9 Å². The van der Waals surface area contributed by atoms with E-state index in [4.69, 9.17) is 14.2 Å². The van der Waals surface area contributed by atoms with Crippen molar-refractivity contribution in [3.05, 3.63) is 53.6 Å². The highest BCUT2D eigenvalue weighted by atomic mass is 16.6. The van der Waals surface area contributed by atoms with Crippen molar-refractivity contribution >= 4 is 6.09 Å². The molecule has 7 rings (SSSR count). The summed E-state index contributed by atoms with van der Waals surface area (Å²) in [5.41, 5.74) is 4.72. The molecule has 4 saturated heterocycles. The van der Waals surface area contributed by atoms with Crippen molar-refractivity contribution in [1.82, 2.24) is 15.1 Å². The van der Waals surface area contributed by atoms with Crippen LogP contribution >= 0.6 is 0 Å². The second-order valence-electron chi connectivity index (χ2n) is 12.1. The average Bonchev–Trinajstić information content (AvgIpc) is 3.18. The molecule has 1 unspecified atom stereocenters. The lowest BCUT2D eigenvalue weighted by atomic mass is 9.85. The Labute approximate surface area is 226 Å². The van der Waals surface area contributed by atoms with E-state index < -0.39 is 0 Å². The molecule has 0 spiro atoms. The van der Waals surface area contributed by atoms with Crippen LogP contribution in [-0.2, 0) is 15.9 Å². The number of carbonyl (C=O) groups is 1. The van der Waals surface area contributed by atoms with Crippen LogP contribution in [0.15, 0.2) is 42.5 Å². The van der Waals surface area contributed by atoms with Crippen molar-refractivity contribution in [3.63, 3.8) is 0 Å². The normalized spacial score (nSPS) is 28.1. The Morgan fingerprint density at radius 2 is 1.84 bits per heavy atom. The maximum Gasteiger partial charge on any atom is 0.407 e. The van der Waals surface area contributed by atoms with Crippen LogP contribution in [0.25, 0.3) is 11.1 Å². The zero-order valence-electron chi connectivity index (χ0n) is 22.8. The predicted octanol–water partition coefficient (Wildman–Crippen LogP) is 4.51. The lowest BCUT2D eigenvalue weighted by Gasteiger charge is -2.44.